The van der Waals surface area contributed by atoms with Gasteiger partial charge >= 0.3 is 0 Å². The van der Waals surface area contributed by atoms with Crippen LogP contribution in [0.3, 0.4) is 0 Å². The van der Waals surface area contributed by atoms with Gasteiger partial charge in [-0.1, -0.05) is 12.1 Å². The molecule has 1 aromatic heterocycles. The van der Waals surface area contributed by atoms with E-state index in [2.05, 4.69) is 15.6 Å². The van der Waals surface area contributed by atoms with E-state index in [0.717, 1.165) is 17.7 Å². The van der Waals surface area contributed by atoms with Gasteiger partial charge in [-0.3, -0.25) is 0 Å². The van der Waals surface area contributed by atoms with Crippen LogP contribution < -0.4 is 10.6 Å². The highest BCUT2D eigenvalue weighted by molar-refractivity contribution is 5.79. The molecule has 0 saturated carbocycles. The molecule has 0 aliphatic rings. The van der Waals surface area contributed by atoms with Gasteiger partial charge in [-0.25, -0.2) is 9.38 Å². The van der Waals surface area contributed by atoms with Crippen LogP contribution in [0.1, 0.15) is 16.9 Å². The maximum absolute atomic E-state index is 13.3. The number of furan rings is 1. The van der Waals surface area contributed by atoms with Gasteiger partial charge in [0.05, 0.1) is 19.4 Å². The molecule has 0 bridgehead atoms. The summed E-state index contributed by atoms with van der Waals surface area (Å²) < 4.78 is 23.7. The van der Waals surface area contributed by atoms with Crippen LogP contribution in [0.2, 0.25) is 0 Å². The SMILES string of the molecule is COCCNC(=NCc1ccc(F)c(C)c1)NCCc1ccco1. The van der Waals surface area contributed by atoms with Crippen LogP contribution in [0, 0.1) is 12.7 Å². The van der Waals surface area contributed by atoms with Gasteiger partial charge in [0.1, 0.15) is 11.6 Å². The molecule has 0 atom stereocenters. The summed E-state index contributed by atoms with van der Waals surface area (Å²) in [6.45, 7) is 4.18. The third kappa shape index (κ3) is 6.04. The molecular weight excluding hydrogens is 309 g/mol. The summed E-state index contributed by atoms with van der Waals surface area (Å²) in [6, 6.07) is 8.86. The number of guanidine groups is 1. The lowest BCUT2D eigenvalue weighted by molar-refractivity contribution is 0.203. The number of nitrogens with one attached hydrogen (secondary N) is 2. The van der Waals surface area contributed by atoms with E-state index in [4.69, 9.17) is 9.15 Å². The topological polar surface area (TPSA) is 58.8 Å². The summed E-state index contributed by atoms with van der Waals surface area (Å²) in [6.07, 6.45) is 2.44. The first-order valence-electron chi connectivity index (χ1n) is 7.97. The summed E-state index contributed by atoms with van der Waals surface area (Å²) in [5.74, 6) is 1.42. The molecule has 0 radical (unpaired) electrons. The van der Waals surface area contributed by atoms with Crippen LogP contribution in [0.15, 0.2) is 46.0 Å². The van der Waals surface area contributed by atoms with E-state index in [1.54, 1.807) is 26.4 Å². The molecule has 24 heavy (non-hydrogen) atoms. The van der Waals surface area contributed by atoms with E-state index in [0.29, 0.717) is 37.8 Å². The van der Waals surface area contributed by atoms with Gasteiger partial charge in [0, 0.05) is 26.6 Å². The molecule has 5 nitrogen and oxygen atoms in total. The number of aryl methyl sites for hydroxylation is 1. The van der Waals surface area contributed by atoms with Gasteiger partial charge in [-0.2, -0.15) is 0 Å². The Kier molecular flexibility index (Phi) is 7.29. The molecule has 1 aromatic carbocycles. The van der Waals surface area contributed by atoms with Crippen molar-refractivity contribution in [2.45, 2.75) is 19.9 Å². The van der Waals surface area contributed by atoms with E-state index in [9.17, 15) is 4.39 Å². The van der Waals surface area contributed by atoms with Crippen molar-refractivity contribution in [2.24, 2.45) is 4.99 Å². The molecule has 0 aliphatic carbocycles. The van der Waals surface area contributed by atoms with Crippen molar-refractivity contribution in [2.75, 3.05) is 26.8 Å². The van der Waals surface area contributed by atoms with Gasteiger partial charge in [0.25, 0.3) is 0 Å². The van der Waals surface area contributed by atoms with Crippen molar-refractivity contribution >= 4 is 5.96 Å². The molecule has 0 amide bonds. The number of halogens is 1. The van der Waals surface area contributed by atoms with Crippen LogP contribution >= 0.6 is 0 Å². The lowest BCUT2D eigenvalue weighted by atomic mass is 10.1. The number of nitrogens with zero attached hydrogens (tertiary/aromatic N) is 1. The fraction of sp³-hybridized carbons (Fsp3) is 0.389. The Morgan fingerprint density at radius 3 is 2.79 bits per heavy atom. The number of methoxy groups -OCH3 is 1. The Morgan fingerprint density at radius 2 is 2.08 bits per heavy atom. The predicted molar refractivity (Wildman–Crippen MR) is 92.6 cm³/mol. The summed E-state index contributed by atoms with van der Waals surface area (Å²) in [5, 5.41) is 6.47. The van der Waals surface area contributed by atoms with Gasteiger partial charge in [0.2, 0.25) is 0 Å². The minimum atomic E-state index is -0.197. The average Bonchev–Trinajstić information content (AvgIpc) is 3.09. The first-order chi connectivity index (χ1) is 11.7. The van der Waals surface area contributed by atoms with Crippen molar-refractivity contribution < 1.29 is 13.5 Å². The summed E-state index contributed by atoms with van der Waals surface area (Å²) in [4.78, 5) is 4.54. The first-order valence-corrected chi connectivity index (χ1v) is 7.97. The number of rotatable bonds is 8. The molecular formula is C18H24FN3O2. The van der Waals surface area contributed by atoms with Crippen LogP contribution in [0.25, 0.3) is 0 Å². The monoisotopic (exact) mass is 333 g/mol. The smallest absolute Gasteiger partial charge is 0.191 e. The maximum atomic E-state index is 13.3. The molecule has 0 aliphatic heterocycles. The molecule has 1 heterocycles. The lowest BCUT2D eigenvalue weighted by Crippen LogP contribution is -2.40. The molecule has 6 heteroatoms. The van der Waals surface area contributed by atoms with Crippen molar-refractivity contribution in [3.63, 3.8) is 0 Å². The Bertz CT molecular complexity index is 642. The number of aliphatic imine (C=N–C) groups is 1. The van der Waals surface area contributed by atoms with E-state index < -0.39 is 0 Å². The molecule has 2 aromatic rings. The second-order valence-electron chi connectivity index (χ2n) is 5.42. The van der Waals surface area contributed by atoms with Crippen LogP contribution in [0.4, 0.5) is 4.39 Å². The Labute approximate surface area is 141 Å². The molecule has 0 fully saturated rings. The van der Waals surface area contributed by atoms with Crippen LogP contribution in [0.5, 0.6) is 0 Å². The summed E-state index contributed by atoms with van der Waals surface area (Å²) in [5.41, 5.74) is 1.59. The van der Waals surface area contributed by atoms with Gasteiger partial charge in [0.15, 0.2) is 5.96 Å². The second kappa shape index (κ2) is 9.72. The number of ether oxygens (including phenoxy) is 1. The number of benzene rings is 1. The molecule has 0 saturated heterocycles. The zero-order valence-electron chi connectivity index (χ0n) is 14.1. The standard InChI is InChI=1S/C18H24FN3O2/c1-14-12-15(5-6-17(14)19)13-22-18(21-9-11-23-2)20-8-7-16-4-3-10-24-16/h3-6,10,12H,7-9,11,13H2,1-2H3,(H2,20,21,22). The summed E-state index contributed by atoms with van der Waals surface area (Å²) in [7, 11) is 1.66. The highest BCUT2D eigenvalue weighted by Gasteiger charge is 2.02. The highest BCUT2D eigenvalue weighted by Crippen LogP contribution is 2.10. The fourth-order valence-corrected chi connectivity index (χ4v) is 2.18. The summed E-state index contributed by atoms with van der Waals surface area (Å²) >= 11 is 0. The Morgan fingerprint density at radius 1 is 1.25 bits per heavy atom. The Balaban J connectivity index is 1.91. The zero-order valence-corrected chi connectivity index (χ0v) is 14.1. The van der Waals surface area contributed by atoms with Crippen LogP contribution in [-0.4, -0.2) is 32.8 Å². The molecule has 130 valence electrons. The minimum Gasteiger partial charge on any atom is -0.469 e. The largest absolute Gasteiger partial charge is 0.469 e. The predicted octanol–water partition coefficient (Wildman–Crippen LogP) is 2.65. The highest BCUT2D eigenvalue weighted by atomic mass is 19.1. The van der Waals surface area contributed by atoms with E-state index in [1.807, 2.05) is 18.2 Å². The number of hydrogen-bond donors (Lipinski definition) is 2. The average molecular weight is 333 g/mol. The Hall–Kier alpha value is -2.34. The minimum absolute atomic E-state index is 0.197. The molecule has 0 unspecified atom stereocenters. The van der Waals surface area contributed by atoms with Crippen molar-refractivity contribution in [1.82, 2.24) is 10.6 Å². The van der Waals surface area contributed by atoms with Gasteiger partial charge in [-0.05, 0) is 36.2 Å². The van der Waals surface area contributed by atoms with E-state index >= 15 is 0 Å². The lowest BCUT2D eigenvalue weighted by Gasteiger charge is -2.12. The molecule has 2 rings (SSSR count). The molecule has 2 N–H and O–H groups in total. The quantitative estimate of drug-likeness (QED) is 0.443. The number of hydrogen-bond acceptors (Lipinski definition) is 3. The van der Waals surface area contributed by atoms with E-state index in [-0.39, 0.29) is 5.82 Å². The molecule has 0 spiro atoms. The normalized spacial score (nSPS) is 11.5. The fourth-order valence-electron chi connectivity index (χ4n) is 2.18. The first kappa shape index (κ1) is 18.0. The zero-order chi connectivity index (χ0) is 17.2. The van der Waals surface area contributed by atoms with Crippen molar-refractivity contribution in [1.29, 1.82) is 0 Å². The maximum Gasteiger partial charge on any atom is 0.191 e. The third-order valence-corrected chi connectivity index (χ3v) is 3.48. The van der Waals surface area contributed by atoms with Crippen LogP contribution in [-0.2, 0) is 17.7 Å². The third-order valence-electron chi connectivity index (χ3n) is 3.48. The van der Waals surface area contributed by atoms with E-state index in [1.165, 1.54) is 6.07 Å². The van der Waals surface area contributed by atoms with Gasteiger partial charge < -0.3 is 19.8 Å². The van der Waals surface area contributed by atoms with Gasteiger partial charge in [-0.15, -0.1) is 0 Å². The van der Waals surface area contributed by atoms with Crippen molar-refractivity contribution in [3.8, 4) is 0 Å². The second-order valence-corrected chi connectivity index (χ2v) is 5.42. The van der Waals surface area contributed by atoms with Crippen molar-refractivity contribution in [3.05, 3.63) is 59.3 Å².